The number of rotatable bonds is 5. The van der Waals surface area contributed by atoms with Crippen LogP contribution >= 0.6 is 11.6 Å². The molecular weight excluding hydrogens is 459 g/mol. The summed E-state index contributed by atoms with van der Waals surface area (Å²) < 4.78 is 44.7. The van der Waals surface area contributed by atoms with E-state index in [2.05, 4.69) is 15.0 Å². The summed E-state index contributed by atoms with van der Waals surface area (Å²) in [5.41, 5.74) is -0.271. The average molecular weight is 477 g/mol. The Balaban J connectivity index is 1.76. The molecule has 9 nitrogen and oxygen atoms in total. The third-order valence-corrected chi connectivity index (χ3v) is 7.11. The molecule has 32 heavy (non-hydrogen) atoms. The average Bonchev–Trinajstić information content (AvgIpc) is 3.31. The Bertz CT molecular complexity index is 1430. The topological polar surface area (TPSA) is 120 Å². The van der Waals surface area contributed by atoms with Crippen molar-refractivity contribution in [1.82, 2.24) is 13.9 Å². The fraction of sp³-hybridized carbons (Fsp3) is 0.250. The largest absolute Gasteiger partial charge is 0.351 e. The number of benzene rings is 2. The first-order valence-corrected chi connectivity index (χ1v) is 11.5. The maximum absolute atomic E-state index is 14.6. The summed E-state index contributed by atoms with van der Waals surface area (Å²) in [5, 5.41) is 12.3. The van der Waals surface area contributed by atoms with Crippen molar-refractivity contribution in [3.05, 3.63) is 57.3 Å². The van der Waals surface area contributed by atoms with Crippen LogP contribution in [-0.4, -0.2) is 35.4 Å². The van der Waals surface area contributed by atoms with Gasteiger partial charge in [-0.05, 0) is 37.1 Å². The molecule has 1 aliphatic heterocycles. The summed E-state index contributed by atoms with van der Waals surface area (Å²) in [5.74, 6) is -0.762. The minimum atomic E-state index is -3.85. The molecule has 0 radical (unpaired) electrons. The van der Waals surface area contributed by atoms with Crippen LogP contribution < -0.4 is 15.6 Å². The summed E-state index contributed by atoms with van der Waals surface area (Å²) >= 11 is 6.34. The first-order valence-electron chi connectivity index (χ1n) is 9.64. The number of nitrogens with zero attached hydrogens (tertiary/aromatic N) is 4. The Morgan fingerprint density at radius 3 is 2.56 bits per heavy atom. The molecule has 1 aliphatic rings. The monoisotopic (exact) mass is 476 g/mol. The number of nitriles is 1. The van der Waals surface area contributed by atoms with Crippen molar-refractivity contribution in [3.8, 4) is 6.07 Å². The van der Waals surface area contributed by atoms with Gasteiger partial charge in [-0.25, -0.2) is 9.37 Å². The first kappa shape index (κ1) is 22.0. The Kier molecular flexibility index (Phi) is 5.77. The summed E-state index contributed by atoms with van der Waals surface area (Å²) in [4.78, 5) is 16.7. The molecule has 2 N–H and O–H groups in total. The van der Waals surface area contributed by atoms with Crippen molar-refractivity contribution >= 4 is 49.8 Å². The van der Waals surface area contributed by atoms with E-state index in [1.807, 2.05) is 6.07 Å². The van der Waals surface area contributed by atoms with Gasteiger partial charge >= 0.3 is 10.2 Å². The van der Waals surface area contributed by atoms with Crippen LogP contribution in [0.25, 0.3) is 10.9 Å². The zero-order chi connectivity index (χ0) is 23.0. The van der Waals surface area contributed by atoms with Crippen molar-refractivity contribution in [2.45, 2.75) is 12.8 Å². The third kappa shape index (κ3) is 3.88. The molecule has 12 heteroatoms. The van der Waals surface area contributed by atoms with Crippen LogP contribution in [0.4, 0.5) is 21.5 Å². The molecule has 2 heterocycles. The third-order valence-electron chi connectivity index (χ3n) is 5.19. The number of fused-ring (bicyclic) bond motifs is 1. The molecule has 0 atom stereocenters. The smallest absolute Gasteiger partial charge is 0.301 e. The van der Waals surface area contributed by atoms with Gasteiger partial charge in [-0.3, -0.25) is 9.52 Å². The normalized spacial score (nSPS) is 14.4. The van der Waals surface area contributed by atoms with Gasteiger partial charge < -0.3 is 9.88 Å². The minimum absolute atomic E-state index is 0.0145. The molecular formula is C20H18ClFN6O3S. The van der Waals surface area contributed by atoms with E-state index < -0.39 is 21.6 Å². The highest BCUT2D eigenvalue weighted by Gasteiger charge is 2.27. The van der Waals surface area contributed by atoms with Crippen molar-refractivity contribution in [3.63, 3.8) is 0 Å². The molecule has 0 spiro atoms. The number of aromatic nitrogens is 2. The number of hydrogen-bond donors (Lipinski definition) is 2. The highest BCUT2D eigenvalue weighted by Crippen LogP contribution is 2.37. The second kappa shape index (κ2) is 8.38. The number of halogens is 2. The van der Waals surface area contributed by atoms with Crippen molar-refractivity contribution < 1.29 is 12.8 Å². The molecule has 1 saturated heterocycles. The Labute approximate surface area is 188 Å². The van der Waals surface area contributed by atoms with E-state index in [1.54, 1.807) is 0 Å². The SMILES string of the molecule is Cn1cnc2ccc(Nc3c(F)ccc(NS(=O)(=O)N4CCCC4)c3Cl)c(C#N)c2c1=O. The van der Waals surface area contributed by atoms with Crippen LogP contribution in [0.3, 0.4) is 0 Å². The van der Waals surface area contributed by atoms with Gasteiger partial charge in [0.25, 0.3) is 5.56 Å². The van der Waals surface area contributed by atoms with Crippen LogP contribution in [0.15, 0.2) is 35.4 Å². The second-order valence-corrected chi connectivity index (χ2v) is 9.33. The van der Waals surface area contributed by atoms with Crippen LogP contribution in [0.5, 0.6) is 0 Å². The van der Waals surface area contributed by atoms with E-state index >= 15 is 0 Å². The quantitative estimate of drug-likeness (QED) is 0.583. The standard InChI is InChI=1S/C20H18ClFN6O3S/c1-27-11-24-15-7-6-14(12(10-23)17(15)20(27)29)25-19-13(22)4-5-16(18(19)21)26-32(30,31)28-8-2-3-9-28/h4-7,11,25-26H,2-3,8-9H2,1H3. The predicted molar refractivity (Wildman–Crippen MR) is 120 cm³/mol. The fourth-order valence-electron chi connectivity index (χ4n) is 3.53. The number of aryl methyl sites for hydroxylation is 1. The van der Waals surface area contributed by atoms with E-state index in [-0.39, 0.29) is 33.0 Å². The van der Waals surface area contributed by atoms with Crippen LogP contribution in [0, 0.1) is 17.1 Å². The zero-order valence-corrected chi connectivity index (χ0v) is 18.5. The molecule has 0 saturated carbocycles. The molecule has 1 aromatic heterocycles. The molecule has 0 amide bonds. The van der Waals surface area contributed by atoms with Crippen LogP contribution in [-0.2, 0) is 17.3 Å². The Hall–Kier alpha value is -3.20. The summed E-state index contributed by atoms with van der Waals surface area (Å²) in [6.07, 6.45) is 2.86. The van der Waals surface area contributed by atoms with Crippen LogP contribution in [0.2, 0.25) is 5.02 Å². The molecule has 3 aromatic rings. The lowest BCUT2D eigenvalue weighted by Crippen LogP contribution is -2.33. The molecule has 4 rings (SSSR count). The van der Waals surface area contributed by atoms with E-state index in [9.17, 15) is 22.9 Å². The second-order valence-electron chi connectivity index (χ2n) is 7.28. The fourth-order valence-corrected chi connectivity index (χ4v) is 5.15. The lowest BCUT2D eigenvalue weighted by molar-refractivity contribution is 0.482. The molecule has 1 fully saturated rings. The Morgan fingerprint density at radius 2 is 1.88 bits per heavy atom. The van der Waals surface area contributed by atoms with Crippen molar-refractivity contribution in [2.75, 3.05) is 23.1 Å². The minimum Gasteiger partial charge on any atom is -0.351 e. The summed E-state index contributed by atoms with van der Waals surface area (Å²) in [7, 11) is -2.34. The van der Waals surface area contributed by atoms with Gasteiger partial charge in [-0.15, -0.1) is 0 Å². The highest BCUT2D eigenvalue weighted by molar-refractivity contribution is 7.90. The van der Waals surface area contributed by atoms with Crippen LogP contribution in [0.1, 0.15) is 18.4 Å². The Morgan fingerprint density at radius 1 is 1.19 bits per heavy atom. The van der Waals surface area contributed by atoms with E-state index in [0.717, 1.165) is 18.9 Å². The zero-order valence-electron chi connectivity index (χ0n) is 16.9. The van der Waals surface area contributed by atoms with Gasteiger partial charge in [-0.2, -0.15) is 18.0 Å². The number of anilines is 3. The lowest BCUT2D eigenvalue weighted by atomic mass is 10.1. The van der Waals surface area contributed by atoms with E-state index in [1.165, 1.54) is 40.4 Å². The summed E-state index contributed by atoms with van der Waals surface area (Å²) in [6.45, 7) is 0.787. The summed E-state index contributed by atoms with van der Waals surface area (Å²) in [6, 6.07) is 7.24. The van der Waals surface area contributed by atoms with Gasteiger partial charge in [0.05, 0.1) is 44.9 Å². The number of hydrogen-bond acceptors (Lipinski definition) is 6. The molecule has 0 bridgehead atoms. The first-order chi connectivity index (χ1) is 15.2. The van der Waals surface area contributed by atoms with Gasteiger partial charge in [0.2, 0.25) is 0 Å². The van der Waals surface area contributed by atoms with Crippen molar-refractivity contribution in [2.24, 2.45) is 7.05 Å². The predicted octanol–water partition coefficient (Wildman–Crippen LogP) is 3.09. The molecule has 0 unspecified atom stereocenters. The van der Waals surface area contributed by atoms with E-state index in [0.29, 0.717) is 18.6 Å². The number of nitrogens with one attached hydrogen (secondary N) is 2. The lowest BCUT2D eigenvalue weighted by Gasteiger charge is -2.19. The van der Waals surface area contributed by atoms with Crippen molar-refractivity contribution in [1.29, 1.82) is 5.26 Å². The van der Waals surface area contributed by atoms with Gasteiger partial charge in [0.15, 0.2) is 0 Å². The molecule has 2 aromatic carbocycles. The maximum atomic E-state index is 14.6. The highest BCUT2D eigenvalue weighted by atomic mass is 35.5. The van der Waals surface area contributed by atoms with Gasteiger partial charge in [0, 0.05) is 20.1 Å². The van der Waals surface area contributed by atoms with Gasteiger partial charge in [-0.1, -0.05) is 11.6 Å². The molecule has 0 aliphatic carbocycles. The van der Waals surface area contributed by atoms with E-state index in [4.69, 9.17) is 11.6 Å². The molecule has 166 valence electrons. The maximum Gasteiger partial charge on any atom is 0.301 e. The van der Waals surface area contributed by atoms with Gasteiger partial charge in [0.1, 0.15) is 11.9 Å².